The zero-order valence-corrected chi connectivity index (χ0v) is 15.7. The summed E-state index contributed by atoms with van der Waals surface area (Å²) >= 11 is 0. The maximum atomic E-state index is 12.2. The van der Waals surface area contributed by atoms with Gasteiger partial charge in [-0.2, -0.15) is 0 Å². The summed E-state index contributed by atoms with van der Waals surface area (Å²) < 4.78 is 40.2. The second-order valence-electron chi connectivity index (χ2n) is 6.22. The maximum absolute atomic E-state index is 12.2. The van der Waals surface area contributed by atoms with Crippen molar-refractivity contribution < 1.29 is 37.7 Å². The lowest BCUT2D eigenvalue weighted by Crippen LogP contribution is -2.48. The van der Waals surface area contributed by atoms with E-state index < -0.39 is 36.8 Å². The maximum Gasteiger partial charge on any atom is 0.573 e. The Balaban J connectivity index is 2.04. The number of benzene rings is 2. The smallest absolute Gasteiger partial charge is 0.406 e. The van der Waals surface area contributed by atoms with E-state index in [1.807, 2.05) is 0 Å². The predicted octanol–water partition coefficient (Wildman–Crippen LogP) is 2.03. The molecule has 0 aromatic heterocycles. The van der Waals surface area contributed by atoms with Crippen LogP contribution in [0.15, 0.2) is 48.5 Å². The van der Waals surface area contributed by atoms with Gasteiger partial charge in [-0.3, -0.25) is 9.59 Å². The molecule has 6 nitrogen and oxygen atoms in total. The molecular weight excluding hydrogens is 403 g/mol. The second kappa shape index (κ2) is 9.91. The molecule has 158 valence electrons. The zero-order chi connectivity index (χ0) is 22.3. The van der Waals surface area contributed by atoms with Crippen molar-refractivity contribution >= 4 is 11.7 Å². The first-order chi connectivity index (χ1) is 14.1. The highest BCUT2D eigenvalue weighted by Gasteiger charge is 2.31. The number of aliphatic hydroxyl groups is 2. The van der Waals surface area contributed by atoms with Gasteiger partial charge in [0.2, 0.25) is 0 Å². The number of carbonyl (C=O) groups is 2. The third-order valence-electron chi connectivity index (χ3n) is 3.86. The molecule has 30 heavy (non-hydrogen) atoms. The summed E-state index contributed by atoms with van der Waals surface area (Å²) in [7, 11) is 0. The van der Waals surface area contributed by atoms with Crippen LogP contribution in [0.4, 0.5) is 13.2 Å². The van der Waals surface area contributed by atoms with Crippen molar-refractivity contribution in [2.45, 2.75) is 25.4 Å². The van der Waals surface area contributed by atoms with Crippen molar-refractivity contribution in [3.8, 4) is 17.6 Å². The molecule has 0 spiro atoms. The van der Waals surface area contributed by atoms with E-state index in [4.69, 9.17) is 5.11 Å². The predicted molar refractivity (Wildman–Crippen MR) is 101 cm³/mol. The molecule has 0 aliphatic carbocycles. The van der Waals surface area contributed by atoms with Gasteiger partial charge < -0.3 is 20.3 Å². The van der Waals surface area contributed by atoms with Crippen LogP contribution in [-0.4, -0.2) is 47.0 Å². The Morgan fingerprint density at radius 2 is 1.53 bits per heavy atom. The van der Waals surface area contributed by atoms with Gasteiger partial charge in [0.05, 0.1) is 6.10 Å². The minimum atomic E-state index is -4.76. The molecule has 2 aromatic carbocycles. The molecule has 1 amide bonds. The van der Waals surface area contributed by atoms with E-state index in [1.165, 1.54) is 31.2 Å². The lowest BCUT2D eigenvalue weighted by atomic mass is 10.1. The van der Waals surface area contributed by atoms with Crippen LogP contribution in [0.5, 0.6) is 5.75 Å². The van der Waals surface area contributed by atoms with E-state index in [-0.39, 0.29) is 11.3 Å². The summed E-state index contributed by atoms with van der Waals surface area (Å²) in [4.78, 5) is 23.8. The molecule has 0 aliphatic heterocycles. The highest BCUT2D eigenvalue weighted by atomic mass is 19.4. The lowest BCUT2D eigenvalue weighted by molar-refractivity contribution is -0.274. The van der Waals surface area contributed by atoms with Gasteiger partial charge in [0.25, 0.3) is 5.91 Å². The van der Waals surface area contributed by atoms with Gasteiger partial charge in [-0.1, -0.05) is 11.8 Å². The standard InChI is InChI=1S/C21H18F3NO5/c1-13(27)19(18(28)12-26)25-20(29)16-8-4-14(5-9-16)2-3-15-6-10-17(11-7-15)30-21(22,23)24/h4-11,13,19,26-27H,12H2,1H3,(H,25,29)/t13-,19+/m1/s1. The van der Waals surface area contributed by atoms with Crippen molar-refractivity contribution in [2.75, 3.05) is 6.61 Å². The topological polar surface area (TPSA) is 95.9 Å². The van der Waals surface area contributed by atoms with Gasteiger partial charge in [-0.05, 0) is 55.5 Å². The highest BCUT2D eigenvalue weighted by Crippen LogP contribution is 2.22. The molecule has 2 rings (SSSR count). The van der Waals surface area contributed by atoms with Crippen LogP contribution in [0.1, 0.15) is 28.4 Å². The van der Waals surface area contributed by atoms with Crippen molar-refractivity contribution in [1.82, 2.24) is 5.32 Å². The van der Waals surface area contributed by atoms with Crippen molar-refractivity contribution in [3.63, 3.8) is 0 Å². The number of ketones is 1. The number of ether oxygens (including phenoxy) is 1. The fraction of sp³-hybridized carbons (Fsp3) is 0.238. The van der Waals surface area contributed by atoms with E-state index in [9.17, 15) is 27.9 Å². The molecule has 0 saturated carbocycles. The SMILES string of the molecule is C[C@@H](O)[C@H](NC(=O)c1ccc(C#Cc2ccc(OC(F)(F)F)cc2)cc1)C(=O)CO. The van der Waals surface area contributed by atoms with Crippen molar-refractivity contribution in [2.24, 2.45) is 0 Å². The molecule has 0 aliphatic rings. The number of aliphatic hydroxyl groups excluding tert-OH is 2. The molecule has 0 saturated heterocycles. The number of hydrogen-bond acceptors (Lipinski definition) is 5. The Morgan fingerprint density at radius 1 is 1.03 bits per heavy atom. The number of rotatable bonds is 6. The normalized spacial score (nSPS) is 12.9. The summed E-state index contributed by atoms with van der Waals surface area (Å²) in [6.07, 6.45) is -5.94. The summed E-state index contributed by atoms with van der Waals surface area (Å²) in [6, 6.07) is 9.85. The van der Waals surface area contributed by atoms with Gasteiger partial charge in [0.15, 0.2) is 5.78 Å². The van der Waals surface area contributed by atoms with Crippen LogP contribution < -0.4 is 10.1 Å². The fourth-order valence-corrected chi connectivity index (χ4v) is 2.38. The summed E-state index contributed by atoms with van der Waals surface area (Å²) in [5, 5.41) is 20.8. The van der Waals surface area contributed by atoms with Crippen LogP contribution in [0.25, 0.3) is 0 Å². The Bertz CT molecular complexity index is 942. The second-order valence-corrected chi connectivity index (χ2v) is 6.22. The first kappa shape index (κ1) is 22.9. The van der Waals surface area contributed by atoms with Crippen LogP contribution in [0.3, 0.4) is 0 Å². The monoisotopic (exact) mass is 421 g/mol. The van der Waals surface area contributed by atoms with Crippen LogP contribution in [-0.2, 0) is 4.79 Å². The molecule has 0 bridgehead atoms. The number of hydrogen-bond donors (Lipinski definition) is 3. The van der Waals surface area contributed by atoms with Gasteiger partial charge >= 0.3 is 6.36 Å². The number of amides is 1. The average molecular weight is 421 g/mol. The first-order valence-corrected chi connectivity index (χ1v) is 8.69. The molecule has 3 N–H and O–H groups in total. The molecule has 0 radical (unpaired) electrons. The number of Topliss-reactive ketones (excluding diaryl/α,β-unsaturated/α-hetero) is 1. The Kier molecular flexibility index (Phi) is 7.58. The molecule has 9 heteroatoms. The van der Waals surface area contributed by atoms with E-state index in [0.29, 0.717) is 11.1 Å². The molecule has 0 unspecified atom stereocenters. The summed E-state index contributed by atoms with van der Waals surface area (Å²) in [5.41, 5.74) is 1.22. The Hall–Kier alpha value is -3.35. The highest BCUT2D eigenvalue weighted by molar-refractivity contribution is 5.98. The molecular formula is C21H18F3NO5. The molecule has 2 atom stereocenters. The van der Waals surface area contributed by atoms with E-state index in [1.54, 1.807) is 12.1 Å². The zero-order valence-electron chi connectivity index (χ0n) is 15.7. The Labute approximate surface area is 170 Å². The van der Waals surface area contributed by atoms with E-state index in [0.717, 1.165) is 12.1 Å². The Morgan fingerprint density at radius 3 is 1.97 bits per heavy atom. The lowest BCUT2D eigenvalue weighted by Gasteiger charge is -2.19. The largest absolute Gasteiger partial charge is 0.573 e. The molecule has 2 aromatic rings. The third-order valence-corrected chi connectivity index (χ3v) is 3.86. The van der Waals surface area contributed by atoms with Crippen molar-refractivity contribution in [1.29, 1.82) is 0 Å². The fourth-order valence-electron chi connectivity index (χ4n) is 2.38. The number of halogens is 3. The summed E-state index contributed by atoms with van der Waals surface area (Å²) in [6.45, 7) is 0.507. The summed E-state index contributed by atoms with van der Waals surface area (Å²) in [5.74, 6) is 3.91. The van der Waals surface area contributed by atoms with E-state index >= 15 is 0 Å². The van der Waals surface area contributed by atoms with Gasteiger partial charge in [0, 0.05) is 16.7 Å². The van der Waals surface area contributed by atoms with Crippen molar-refractivity contribution in [3.05, 3.63) is 65.2 Å². The van der Waals surface area contributed by atoms with Gasteiger partial charge in [-0.25, -0.2) is 0 Å². The van der Waals surface area contributed by atoms with Crippen LogP contribution in [0, 0.1) is 11.8 Å². The van der Waals surface area contributed by atoms with E-state index in [2.05, 4.69) is 21.9 Å². The van der Waals surface area contributed by atoms with Crippen LogP contribution in [0.2, 0.25) is 0 Å². The molecule has 0 heterocycles. The van der Waals surface area contributed by atoms with Crippen LogP contribution >= 0.6 is 0 Å². The van der Waals surface area contributed by atoms with Gasteiger partial charge in [0.1, 0.15) is 18.4 Å². The average Bonchev–Trinajstić information content (AvgIpc) is 2.69. The third kappa shape index (κ3) is 6.92. The molecule has 0 fully saturated rings. The van der Waals surface area contributed by atoms with Gasteiger partial charge in [-0.15, -0.1) is 13.2 Å². The quantitative estimate of drug-likeness (QED) is 0.621. The number of nitrogens with one attached hydrogen (secondary N) is 1. The first-order valence-electron chi connectivity index (χ1n) is 8.69. The number of carbonyl (C=O) groups excluding carboxylic acids is 2. The minimum Gasteiger partial charge on any atom is -0.406 e. The minimum absolute atomic E-state index is 0.214. The number of alkyl halides is 3.